The number of benzene rings is 2. The molecule has 2 aromatic rings. The molecule has 3 N–H and O–H groups in total. The van der Waals surface area contributed by atoms with Crippen LogP contribution in [0.15, 0.2) is 42.5 Å². The van der Waals surface area contributed by atoms with E-state index in [-0.39, 0.29) is 24.8 Å². The Hall–Kier alpha value is -2.40. The second-order valence-electron chi connectivity index (χ2n) is 7.00. The molecule has 1 fully saturated rings. The van der Waals surface area contributed by atoms with E-state index >= 15 is 0 Å². The van der Waals surface area contributed by atoms with Gasteiger partial charge >= 0.3 is 0 Å². The van der Waals surface area contributed by atoms with Crippen molar-refractivity contribution in [3.8, 4) is 0 Å². The van der Waals surface area contributed by atoms with Crippen molar-refractivity contribution in [1.82, 2.24) is 10.6 Å². The molecule has 2 aromatic carbocycles. The summed E-state index contributed by atoms with van der Waals surface area (Å²) in [6.07, 6.45) is 3.92. The first kappa shape index (κ1) is 18.4. The van der Waals surface area contributed by atoms with E-state index in [9.17, 15) is 9.59 Å². The van der Waals surface area contributed by atoms with E-state index in [0.717, 1.165) is 29.3 Å². The number of rotatable bonds is 8. The van der Waals surface area contributed by atoms with Crippen LogP contribution in [0, 0.1) is 0 Å². The number of nitrogens with one attached hydrogen (secondary N) is 3. The summed E-state index contributed by atoms with van der Waals surface area (Å²) in [5, 5.41) is 7.81. The van der Waals surface area contributed by atoms with Gasteiger partial charge in [0.2, 0.25) is 11.8 Å². The highest BCUT2D eigenvalue weighted by Crippen LogP contribution is 2.18. The van der Waals surface area contributed by atoms with Gasteiger partial charge < -0.3 is 15.5 Å². The predicted octanol–water partition coefficient (Wildman–Crippen LogP) is 0.684. The Morgan fingerprint density at radius 1 is 0.923 bits per heavy atom. The number of hydrogen-bond acceptors (Lipinski definition) is 2. The Morgan fingerprint density at radius 2 is 1.69 bits per heavy atom. The minimum Gasteiger partial charge on any atom is -0.354 e. The van der Waals surface area contributed by atoms with Gasteiger partial charge in [-0.1, -0.05) is 42.5 Å². The van der Waals surface area contributed by atoms with Gasteiger partial charge in [-0.2, -0.15) is 0 Å². The Balaban J connectivity index is 1.37. The normalized spacial score (nSPS) is 14.5. The van der Waals surface area contributed by atoms with Gasteiger partial charge in [0, 0.05) is 25.8 Å². The maximum Gasteiger partial charge on any atom is 0.239 e. The topological polar surface area (TPSA) is 62.6 Å². The van der Waals surface area contributed by atoms with Crippen molar-refractivity contribution in [2.24, 2.45) is 0 Å². The largest absolute Gasteiger partial charge is 0.354 e. The summed E-state index contributed by atoms with van der Waals surface area (Å²) >= 11 is 0. The Morgan fingerprint density at radius 3 is 2.54 bits per heavy atom. The summed E-state index contributed by atoms with van der Waals surface area (Å²) in [7, 11) is 0. The van der Waals surface area contributed by atoms with Crippen molar-refractivity contribution in [2.45, 2.75) is 25.7 Å². The lowest BCUT2D eigenvalue weighted by Gasteiger charge is -2.12. The molecule has 0 bridgehead atoms. The number of carbonyl (C=O) groups is 2. The van der Waals surface area contributed by atoms with Gasteiger partial charge in [-0.25, -0.2) is 0 Å². The second kappa shape index (κ2) is 9.34. The van der Waals surface area contributed by atoms with Gasteiger partial charge in [0.25, 0.3) is 0 Å². The molecule has 5 nitrogen and oxygen atoms in total. The van der Waals surface area contributed by atoms with Crippen molar-refractivity contribution in [3.63, 3.8) is 0 Å². The zero-order chi connectivity index (χ0) is 18.2. The fourth-order valence-electron chi connectivity index (χ4n) is 3.61. The van der Waals surface area contributed by atoms with E-state index in [1.807, 2.05) is 42.5 Å². The Kier molecular flexibility index (Phi) is 6.61. The molecule has 0 atom stereocenters. The summed E-state index contributed by atoms with van der Waals surface area (Å²) in [6, 6.07) is 14.0. The average Bonchev–Trinajstić information content (AvgIpc) is 3.17. The lowest BCUT2D eigenvalue weighted by atomic mass is 10.0. The number of fused-ring (bicyclic) bond motifs is 1. The van der Waals surface area contributed by atoms with Crippen molar-refractivity contribution in [2.75, 3.05) is 32.7 Å². The third-order valence-corrected chi connectivity index (χ3v) is 5.02. The van der Waals surface area contributed by atoms with Crippen LogP contribution in [0.3, 0.4) is 0 Å². The first-order valence-corrected chi connectivity index (χ1v) is 9.56. The SMILES string of the molecule is O=C(CNC(=O)Cc1cccc2ccccc12)NCCC[NH+]1CCCC1. The van der Waals surface area contributed by atoms with E-state index in [1.165, 1.54) is 25.9 Å². The smallest absolute Gasteiger partial charge is 0.239 e. The summed E-state index contributed by atoms with van der Waals surface area (Å²) in [5.41, 5.74) is 0.981. The zero-order valence-electron chi connectivity index (χ0n) is 15.2. The predicted molar refractivity (Wildman–Crippen MR) is 103 cm³/mol. The lowest BCUT2D eigenvalue weighted by Crippen LogP contribution is -3.10. The molecule has 138 valence electrons. The van der Waals surface area contributed by atoms with Crippen LogP contribution in [0.4, 0.5) is 0 Å². The first-order chi connectivity index (χ1) is 12.7. The molecule has 1 heterocycles. The number of likely N-dealkylation sites (tertiary alicyclic amines) is 1. The van der Waals surface area contributed by atoms with Crippen LogP contribution in [0.5, 0.6) is 0 Å². The third kappa shape index (κ3) is 5.30. The van der Waals surface area contributed by atoms with E-state index in [1.54, 1.807) is 4.90 Å². The molecule has 1 saturated heterocycles. The van der Waals surface area contributed by atoms with Crippen LogP contribution in [0.2, 0.25) is 0 Å². The number of amides is 2. The molecular weight excluding hydrogens is 326 g/mol. The minimum atomic E-state index is -0.127. The first-order valence-electron chi connectivity index (χ1n) is 9.56. The molecule has 2 amide bonds. The van der Waals surface area contributed by atoms with Gasteiger partial charge in [0.05, 0.1) is 32.6 Å². The monoisotopic (exact) mass is 354 g/mol. The minimum absolute atomic E-state index is 0.0418. The highest BCUT2D eigenvalue weighted by molar-refractivity contribution is 5.91. The van der Waals surface area contributed by atoms with Crippen LogP contribution < -0.4 is 15.5 Å². The molecule has 1 aliphatic rings. The highest BCUT2D eigenvalue weighted by Gasteiger charge is 2.14. The molecule has 0 aliphatic carbocycles. The van der Waals surface area contributed by atoms with E-state index in [0.29, 0.717) is 6.54 Å². The number of carbonyl (C=O) groups excluding carboxylic acids is 2. The molecule has 0 spiro atoms. The molecular formula is C21H28N3O2+. The number of hydrogen-bond donors (Lipinski definition) is 3. The maximum atomic E-state index is 12.2. The van der Waals surface area contributed by atoms with Crippen LogP contribution >= 0.6 is 0 Å². The van der Waals surface area contributed by atoms with Crippen LogP contribution in [-0.2, 0) is 16.0 Å². The quantitative estimate of drug-likeness (QED) is 0.611. The third-order valence-electron chi connectivity index (χ3n) is 5.02. The maximum absolute atomic E-state index is 12.2. The molecule has 3 rings (SSSR count). The average molecular weight is 354 g/mol. The molecule has 26 heavy (non-hydrogen) atoms. The fraction of sp³-hybridized carbons (Fsp3) is 0.429. The van der Waals surface area contributed by atoms with E-state index in [4.69, 9.17) is 0 Å². The second-order valence-corrected chi connectivity index (χ2v) is 7.00. The van der Waals surface area contributed by atoms with Crippen molar-refractivity contribution < 1.29 is 14.5 Å². The zero-order valence-corrected chi connectivity index (χ0v) is 15.2. The molecule has 0 aromatic heterocycles. The molecule has 0 saturated carbocycles. The van der Waals surface area contributed by atoms with Crippen LogP contribution in [0.25, 0.3) is 10.8 Å². The molecule has 0 unspecified atom stereocenters. The fourth-order valence-corrected chi connectivity index (χ4v) is 3.61. The summed E-state index contributed by atoms with van der Waals surface area (Å²) < 4.78 is 0. The van der Waals surface area contributed by atoms with Crippen molar-refractivity contribution in [1.29, 1.82) is 0 Å². The van der Waals surface area contributed by atoms with E-state index < -0.39 is 0 Å². The summed E-state index contributed by atoms with van der Waals surface area (Å²) in [5.74, 6) is -0.245. The standard InChI is InChI=1S/C21H27N3O2/c25-20(15-18-9-5-8-17-7-1-2-10-19(17)18)23-16-21(26)22-11-6-14-24-12-3-4-13-24/h1-2,5,7-10H,3-4,6,11-16H2,(H,22,26)(H,23,25)/p+1. The van der Waals surface area contributed by atoms with Gasteiger partial charge in [0.1, 0.15) is 0 Å². The van der Waals surface area contributed by atoms with Gasteiger partial charge in [-0.15, -0.1) is 0 Å². The van der Waals surface area contributed by atoms with E-state index in [2.05, 4.69) is 10.6 Å². The summed E-state index contributed by atoms with van der Waals surface area (Å²) in [4.78, 5) is 25.7. The molecule has 0 radical (unpaired) electrons. The Bertz CT molecular complexity index is 749. The molecule has 5 heteroatoms. The van der Waals surface area contributed by atoms with Crippen LogP contribution in [0.1, 0.15) is 24.8 Å². The lowest BCUT2D eigenvalue weighted by molar-refractivity contribution is -0.887. The van der Waals surface area contributed by atoms with Gasteiger partial charge in [-0.05, 0) is 16.3 Å². The van der Waals surface area contributed by atoms with Gasteiger partial charge in [-0.3, -0.25) is 9.59 Å². The molecule has 1 aliphatic heterocycles. The Labute approximate surface area is 154 Å². The van der Waals surface area contributed by atoms with Gasteiger partial charge in [0.15, 0.2) is 0 Å². The highest BCUT2D eigenvalue weighted by atomic mass is 16.2. The van der Waals surface area contributed by atoms with Crippen molar-refractivity contribution >= 4 is 22.6 Å². The van der Waals surface area contributed by atoms with Crippen molar-refractivity contribution in [3.05, 3.63) is 48.0 Å². The van der Waals surface area contributed by atoms with Crippen LogP contribution in [-0.4, -0.2) is 44.5 Å². The number of quaternary nitrogens is 1. The summed E-state index contributed by atoms with van der Waals surface area (Å²) in [6.45, 7) is 4.37.